The van der Waals surface area contributed by atoms with E-state index in [0.717, 1.165) is 161 Å². The third kappa shape index (κ3) is 71.4. The Bertz CT molecular complexity index is 2200. The smallest absolute Gasteiger partial charge is 0.361 e. The summed E-state index contributed by atoms with van der Waals surface area (Å²) in [5.74, 6) is -2.05. The van der Waals surface area contributed by atoms with E-state index in [4.69, 9.17) is 18.9 Å². The molecule has 2 atom stereocenters. The van der Waals surface area contributed by atoms with E-state index < -0.39 is 24.3 Å². The van der Waals surface area contributed by atoms with Crippen molar-refractivity contribution >= 4 is 17.9 Å². The molecule has 0 aliphatic rings. The summed E-state index contributed by atoms with van der Waals surface area (Å²) in [6.45, 7) is 4.60. The molecule has 0 saturated heterocycles. The number of carbonyl (C=O) groups is 3. The molecule has 0 spiro atoms. The Labute approximate surface area is 557 Å². The van der Waals surface area contributed by atoms with E-state index in [0.29, 0.717) is 23.9 Å². The van der Waals surface area contributed by atoms with Crippen LogP contribution in [0.2, 0.25) is 0 Å². The lowest BCUT2D eigenvalue weighted by atomic mass is 10.0. The highest BCUT2D eigenvalue weighted by molar-refractivity contribution is 5.71. The number of nitrogens with zero attached hydrogens (tertiary/aromatic N) is 1. The maximum Gasteiger partial charge on any atom is 0.361 e. The van der Waals surface area contributed by atoms with E-state index in [1.807, 2.05) is 21.1 Å². The van der Waals surface area contributed by atoms with Crippen LogP contribution in [-0.2, 0) is 33.3 Å². The van der Waals surface area contributed by atoms with Gasteiger partial charge < -0.3 is 28.5 Å². The van der Waals surface area contributed by atoms with E-state index in [1.165, 1.54) is 44.9 Å². The molecule has 0 amide bonds. The number of aliphatic carboxylic acids is 1. The van der Waals surface area contributed by atoms with Gasteiger partial charge in [-0.05, 0) is 141 Å². The molecule has 0 aromatic rings. The van der Waals surface area contributed by atoms with Gasteiger partial charge in [-0.15, -0.1) is 0 Å². The van der Waals surface area contributed by atoms with Gasteiger partial charge in [0.2, 0.25) is 0 Å². The minimum Gasteiger partial charge on any atom is -0.477 e. The van der Waals surface area contributed by atoms with Crippen molar-refractivity contribution in [1.29, 1.82) is 0 Å². The van der Waals surface area contributed by atoms with Crippen LogP contribution >= 0.6 is 0 Å². The molecule has 9 heteroatoms. The second kappa shape index (κ2) is 70.0. The van der Waals surface area contributed by atoms with E-state index in [1.54, 1.807) is 0 Å². The molecule has 0 rings (SSSR count). The van der Waals surface area contributed by atoms with Gasteiger partial charge in [0.05, 0.1) is 34.4 Å². The number of unbranched alkanes of at least 4 members (excludes halogenated alkanes) is 16. The van der Waals surface area contributed by atoms with Gasteiger partial charge >= 0.3 is 17.9 Å². The molecule has 91 heavy (non-hydrogen) atoms. The number of carbonyl (C=O) groups excluding carboxylic acids is 2. The molecule has 0 aromatic heterocycles. The maximum atomic E-state index is 13.0. The first kappa shape index (κ1) is 85.1. The fraction of sp³-hybridized carbons (Fsp3) is 0.573. The molecule has 1 N–H and O–H groups in total. The lowest BCUT2D eigenvalue weighted by molar-refractivity contribution is -0.870. The van der Waals surface area contributed by atoms with Gasteiger partial charge in [0.15, 0.2) is 6.10 Å². The van der Waals surface area contributed by atoms with Crippen molar-refractivity contribution in [3.8, 4) is 0 Å². The van der Waals surface area contributed by atoms with E-state index in [-0.39, 0.29) is 38.6 Å². The molecule has 9 nitrogen and oxygen atoms in total. The van der Waals surface area contributed by atoms with Gasteiger partial charge in [-0.25, -0.2) is 4.79 Å². The van der Waals surface area contributed by atoms with Crippen LogP contribution in [0.3, 0.4) is 0 Å². The van der Waals surface area contributed by atoms with Crippen molar-refractivity contribution in [2.24, 2.45) is 0 Å². The predicted molar refractivity (Wildman–Crippen MR) is 391 cm³/mol. The molecule has 0 fully saturated rings. The quantitative estimate of drug-likeness (QED) is 0.0211. The zero-order chi connectivity index (χ0) is 66.1. The second-order valence-corrected chi connectivity index (χ2v) is 24.1. The number of quaternary nitrogens is 1. The zero-order valence-corrected chi connectivity index (χ0v) is 58.2. The Balaban J connectivity index is 4.22. The van der Waals surface area contributed by atoms with Crippen molar-refractivity contribution in [2.75, 3.05) is 47.5 Å². The minimum atomic E-state index is -1.53. The third-order valence-corrected chi connectivity index (χ3v) is 14.3. The summed E-state index contributed by atoms with van der Waals surface area (Å²) in [7, 11) is 5.96. The molecule has 0 aliphatic carbocycles. The Kier molecular flexibility index (Phi) is 65.5. The Morgan fingerprint density at radius 2 is 0.593 bits per heavy atom. The van der Waals surface area contributed by atoms with Crippen LogP contribution in [-0.4, -0.2) is 87.4 Å². The molecular formula is C82H130NO8+. The molecule has 0 bridgehead atoms. The van der Waals surface area contributed by atoms with Gasteiger partial charge in [0.1, 0.15) is 13.2 Å². The highest BCUT2D eigenvalue weighted by Gasteiger charge is 2.25. The number of allylic oxidation sites excluding steroid dienone is 32. The van der Waals surface area contributed by atoms with Gasteiger partial charge in [-0.1, -0.05) is 285 Å². The number of rotatable bonds is 63. The molecule has 0 radical (unpaired) electrons. The van der Waals surface area contributed by atoms with Crippen LogP contribution in [0.15, 0.2) is 194 Å². The van der Waals surface area contributed by atoms with Crippen LogP contribution in [0, 0.1) is 0 Å². The summed E-state index contributed by atoms with van der Waals surface area (Å²) < 4.78 is 22.9. The van der Waals surface area contributed by atoms with Crippen LogP contribution < -0.4 is 0 Å². The fourth-order valence-electron chi connectivity index (χ4n) is 8.99. The summed E-state index contributed by atoms with van der Waals surface area (Å²) in [5.41, 5.74) is 0. The molecule has 0 heterocycles. The zero-order valence-electron chi connectivity index (χ0n) is 58.2. The predicted octanol–water partition coefficient (Wildman–Crippen LogP) is 22.6. The van der Waals surface area contributed by atoms with Crippen LogP contribution in [0.4, 0.5) is 0 Å². The van der Waals surface area contributed by atoms with Crippen molar-refractivity contribution in [2.45, 2.75) is 257 Å². The Morgan fingerprint density at radius 3 is 0.879 bits per heavy atom. The number of hydrogen-bond acceptors (Lipinski definition) is 7. The average Bonchev–Trinajstić information content (AvgIpc) is 3.46. The summed E-state index contributed by atoms with van der Waals surface area (Å²) in [4.78, 5) is 37.6. The van der Waals surface area contributed by atoms with Crippen molar-refractivity contribution in [3.05, 3.63) is 194 Å². The molecule has 0 aromatic carbocycles. The topological polar surface area (TPSA) is 108 Å². The van der Waals surface area contributed by atoms with Crippen molar-refractivity contribution in [3.63, 3.8) is 0 Å². The highest BCUT2D eigenvalue weighted by atomic mass is 16.7. The second-order valence-electron chi connectivity index (χ2n) is 24.1. The fourth-order valence-corrected chi connectivity index (χ4v) is 8.99. The Hall–Kier alpha value is -5.87. The summed E-state index contributed by atoms with van der Waals surface area (Å²) >= 11 is 0. The molecule has 0 saturated carbocycles. The van der Waals surface area contributed by atoms with Crippen LogP contribution in [0.5, 0.6) is 0 Å². The van der Waals surface area contributed by atoms with Gasteiger partial charge in [-0.2, -0.15) is 0 Å². The molecule has 2 unspecified atom stereocenters. The van der Waals surface area contributed by atoms with Crippen molar-refractivity contribution in [1.82, 2.24) is 0 Å². The van der Waals surface area contributed by atoms with Gasteiger partial charge in [0, 0.05) is 12.8 Å². The largest absolute Gasteiger partial charge is 0.477 e. The first-order valence-corrected chi connectivity index (χ1v) is 35.6. The highest BCUT2D eigenvalue weighted by Crippen LogP contribution is 2.15. The number of ether oxygens (including phenoxy) is 4. The number of esters is 2. The lowest BCUT2D eigenvalue weighted by Crippen LogP contribution is -2.40. The lowest BCUT2D eigenvalue weighted by Gasteiger charge is -2.25. The normalized spacial score (nSPS) is 13.9. The minimum absolute atomic E-state index is 0.173. The Morgan fingerprint density at radius 1 is 0.330 bits per heavy atom. The van der Waals surface area contributed by atoms with Gasteiger partial charge in [0.25, 0.3) is 6.29 Å². The maximum absolute atomic E-state index is 13.0. The van der Waals surface area contributed by atoms with E-state index in [2.05, 4.69) is 208 Å². The summed E-state index contributed by atoms with van der Waals surface area (Å²) in [6, 6.07) is 0. The molecule has 0 aliphatic heterocycles. The molecular weight excluding hydrogens is 1130 g/mol. The average molecular weight is 1260 g/mol. The molecule has 510 valence electrons. The first-order valence-electron chi connectivity index (χ1n) is 35.6. The summed E-state index contributed by atoms with van der Waals surface area (Å²) in [5, 5.41) is 9.75. The van der Waals surface area contributed by atoms with Crippen molar-refractivity contribution < 1.29 is 42.9 Å². The third-order valence-electron chi connectivity index (χ3n) is 14.3. The van der Waals surface area contributed by atoms with E-state index >= 15 is 0 Å². The standard InChI is InChI=1S/C82H129NO8/c1-6-8-10-12-14-16-18-20-22-24-26-28-30-32-34-35-36-37-38-39-40-41-42-43-44-45-47-49-51-53-55-57-59-61-63-65-67-69-71-73-80(85)91-78(77-90-82(81(86)87)88-75-74-83(3,4)5)76-89-79(84)72-70-68-66-64-62-60-58-56-54-52-50-48-46-33-31-29-27-25-23-21-19-17-15-13-11-9-7-2/h8-11,14-17,20-23,26-29,32-34,36-37,39-40,42-43,45-47,50,52,56,58,78,82H,6-7,12-13,18-19,24-25,30-31,35,38,41,44,48-49,51,53-55,57,59-77H2,1-5H3/p+1/b10-8-,11-9-,16-14-,17-15-,22-20-,23-21-,28-26-,29-27-,34-32-,37-36-,40-39-,43-42-,46-33-,47-45-,52-50-,58-56-. The van der Waals surface area contributed by atoms with E-state index in [9.17, 15) is 19.5 Å². The first-order chi connectivity index (χ1) is 44.6. The summed E-state index contributed by atoms with van der Waals surface area (Å²) in [6.07, 6.45) is 105. The number of carboxylic acids is 1. The number of carboxylic acid groups (broad SMARTS) is 1. The SMILES string of the molecule is CC/C=C\C/C=C\C/C=C\C/C=C\C/C=C\C/C=C\C/C=C\C/C=C\C/C=C\CCCCCCCCCCCCCC(=O)OC(COC(=O)CCCCCCC/C=C\C/C=C\C/C=C\C/C=C\C/C=C\C/C=C\C/C=C\CC)COC(OCC[N+](C)(C)C)C(=O)O. The van der Waals surface area contributed by atoms with Gasteiger partial charge in [-0.3, -0.25) is 9.59 Å². The monoisotopic (exact) mass is 1260 g/mol. The number of likely N-dealkylation sites (N-methyl/N-ethyl adjacent to an activating group) is 1. The van der Waals surface area contributed by atoms with Crippen LogP contribution in [0.25, 0.3) is 0 Å². The number of hydrogen-bond donors (Lipinski definition) is 1. The van der Waals surface area contributed by atoms with Crippen LogP contribution in [0.1, 0.15) is 245 Å².